The highest BCUT2D eigenvalue weighted by atomic mass is 32.1. The molecule has 0 fully saturated rings. The van der Waals surface area contributed by atoms with Gasteiger partial charge in [-0.3, -0.25) is 19.2 Å². The van der Waals surface area contributed by atoms with E-state index in [2.05, 4.69) is 28.6 Å². The third-order valence-electron chi connectivity index (χ3n) is 2.64. The minimum absolute atomic E-state index is 0.139. The van der Waals surface area contributed by atoms with E-state index in [1.54, 1.807) is 13.8 Å². The Kier molecular flexibility index (Phi) is 9.18. The maximum atomic E-state index is 11.8. The molecule has 0 aliphatic rings. The van der Waals surface area contributed by atoms with E-state index in [0.29, 0.717) is 0 Å². The monoisotopic (exact) mass is 334 g/mol. The molecule has 22 heavy (non-hydrogen) atoms. The molecule has 0 aromatic heterocycles. The number of nitrogens with two attached hydrogens (primary N) is 1. The highest BCUT2D eigenvalue weighted by Gasteiger charge is 2.24. The van der Waals surface area contributed by atoms with Crippen LogP contribution >= 0.6 is 12.6 Å². The molecule has 0 saturated carbocycles. The summed E-state index contributed by atoms with van der Waals surface area (Å²) in [6.07, 6.45) is 0. The third-order valence-corrected chi connectivity index (χ3v) is 3.03. The number of amides is 3. The van der Waals surface area contributed by atoms with Crippen molar-refractivity contribution in [1.82, 2.24) is 16.0 Å². The first-order chi connectivity index (χ1) is 10.2. The Morgan fingerprint density at radius 1 is 1.09 bits per heavy atom. The van der Waals surface area contributed by atoms with E-state index in [1.807, 2.05) is 0 Å². The lowest BCUT2D eigenvalue weighted by Gasteiger charge is -2.21. The lowest BCUT2D eigenvalue weighted by atomic mass is 10.0. The summed E-state index contributed by atoms with van der Waals surface area (Å²) >= 11 is 3.86. The molecule has 0 bridgehead atoms. The fourth-order valence-corrected chi connectivity index (χ4v) is 1.58. The van der Waals surface area contributed by atoms with Crippen molar-refractivity contribution in [2.24, 2.45) is 11.7 Å². The van der Waals surface area contributed by atoms with Gasteiger partial charge in [0.25, 0.3) is 0 Å². The smallest absolute Gasteiger partial charge is 0.322 e. The Balaban J connectivity index is 4.44. The number of aliphatic carboxylic acids is 1. The van der Waals surface area contributed by atoms with Gasteiger partial charge in [0.15, 0.2) is 0 Å². The van der Waals surface area contributed by atoms with Crippen molar-refractivity contribution < 1.29 is 24.3 Å². The first-order valence-electron chi connectivity index (χ1n) is 6.62. The number of hydrogen-bond acceptors (Lipinski definition) is 6. The summed E-state index contributed by atoms with van der Waals surface area (Å²) in [5.74, 6) is -3.02. The van der Waals surface area contributed by atoms with Gasteiger partial charge in [-0.15, -0.1) is 0 Å². The highest BCUT2D eigenvalue weighted by Crippen LogP contribution is 2.01. The van der Waals surface area contributed by atoms with Gasteiger partial charge in [-0.1, -0.05) is 13.8 Å². The number of carbonyl (C=O) groups is 4. The van der Waals surface area contributed by atoms with Crippen LogP contribution in [0.25, 0.3) is 0 Å². The molecule has 0 saturated heterocycles. The van der Waals surface area contributed by atoms with E-state index in [0.717, 1.165) is 0 Å². The summed E-state index contributed by atoms with van der Waals surface area (Å²) < 4.78 is 0. The molecule has 9 nitrogen and oxygen atoms in total. The minimum Gasteiger partial charge on any atom is -0.480 e. The van der Waals surface area contributed by atoms with Crippen molar-refractivity contribution in [2.75, 3.05) is 18.8 Å². The molecule has 0 aromatic carbocycles. The molecular weight excluding hydrogens is 312 g/mol. The quantitative estimate of drug-likeness (QED) is 0.261. The summed E-state index contributed by atoms with van der Waals surface area (Å²) in [6, 6.07) is -1.72. The van der Waals surface area contributed by atoms with Gasteiger partial charge in [0, 0.05) is 5.75 Å². The molecule has 0 aromatic rings. The molecule has 2 atom stereocenters. The zero-order chi connectivity index (χ0) is 17.3. The fourth-order valence-electron chi connectivity index (χ4n) is 1.41. The third kappa shape index (κ3) is 7.84. The Labute approximate surface area is 133 Å². The van der Waals surface area contributed by atoms with E-state index in [-0.39, 0.29) is 18.2 Å². The normalized spacial score (nSPS) is 13.1. The predicted molar refractivity (Wildman–Crippen MR) is 82.3 cm³/mol. The minimum atomic E-state index is -1.19. The largest absolute Gasteiger partial charge is 0.480 e. The van der Waals surface area contributed by atoms with Crippen LogP contribution in [-0.2, 0) is 19.2 Å². The van der Waals surface area contributed by atoms with Crippen LogP contribution in [0.5, 0.6) is 0 Å². The molecular formula is C12H22N4O5S. The number of hydrogen-bond donors (Lipinski definition) is 6. The van der Waals surface area contributed by atoms with E-state index in [1.165, 1.54) is 0 Å². The van der Waals surface area contributed by atoms with Gasteiger partial charge >= 0.3 is 5.97 Å². The average Bonchev–Trinajstić information content (AvgIpc) is 2.46. The lowest BCUT2D eigenvalue weighted by molar-refractivity contribution is -0.138. The van der Waals surface area contributed by atoms with Crippen LogP contribution in [0.3, 0.4) is 0 Å². The van der Waals surface area contributed by atoms with Gasteiger partial charge in [0.2, 0.25) is 17.7 Å². The Hall–Kier alpha value is -1.81. The lowest BCUT2D eigenvalue weighted by Crippen LogP contribution is -2.53. The van der Waals surface area contributed by atoms with Crippen LogP contribution in [0.1, 0.15) is 13.8 Å². The number of carboxylic acid groups (broad SMARTS) is 1. The second-order valence-electron chi connectivity index (χ2n) is 4.91. The van der Waals surface area contributed by atoms with E-state index in [9.17, 15) is 19.2 Å². The van der Waals surface area contributed by atoms with Crippen molar-refractivity contribution in [3.8, 4) is 0 Å². The van der Waals surface area contributed by atoms with Crippen molar-refractivity contribution in [1.29, 1.82) is 0 Å². The van der Waals surface area contributed by atoms with Crippen LogP contribution < -0.4 is 21.7 Å². The van der Waals surface area contributed by atoms with Gasteiger partial charge in [-0.25, -0.2) is 0 Å². The van der Waals surface area contributed by atoms with Crippen LogP contribution in [0.15, 0.2) is 0 Å². The maximum Gasteiger partial charge on any atom is 0.322 e. The molecule has 0 aliphatic heterocycles. The molecule has 0 spiro atoms. The highest BCUT2D eigenvalue weighted by molar-refractivity contribution is 7.80. The molecule has 0 radical (unpaired) electrons. The molecule has 0 heterocycles. The summed E-state index contributed by atoms with van der Waals surface area (Å²) in [7, 11) is 0. The Bertz CT molecular complexity index is 430. The van der Waals surface area contributed by atoms with Crippen molar-refractivity contribution in [2.45, 2.75) is 25.9 Å². The molecule has 2 unspecified atom stereocenters. The van der Waals surface area contributed by atoms with Crippen LogP contribution in [-0.4, -0.2) is 59.7 Å². The second kappa shape index (κ2) is 10.0. The second-order valence-corrected chi connectivity index (χ2v) is 5.27. The predicted octanol–water partition coefficient (Wildman–Crippen LogP) is -2.30. The number of carbonyl (C=O) groups excluding carboxylic acids is 3. The Morgan fingerprint density at radius 3 is 2.09 bits per heavy atom. The zero-order valence-corrected chi connectivity index (χ0v) is 13.4. The maximum absolute atomic E-state index is 11.8. The summed E-state index contributed by atoms with van der Waals surface area (Å²) in [6.45, 7) is 2.52. The summed E-state index contributed by atoms with van der Waals surface area (Å²) in [4.78, 5) is 45.4. The number of nitrogens with one attached hydrogen (secondary N) is 3. The number of rotatable bonds is 9. The van der Waals surface area contributed by atoms with E-state index >= 15 is 0 Å². The van der Waals surface area contributed by atoms with Crippen molar-refractivity contribution in [3.63, 3.8) is 0 Å². The standard InChI is InChI=1S/C12H22N4O5S/c1-6(2)10(12(21)15-4-9(18)19)16-8(17)3-14-11(20)7(13)5-22/h6-7,10,22H,3-5,13H2,1-2H3,(H,14,20)(H,15,21)(H,16,17)(H,18,19). The topological polar surface area (TPSA) is 151 Å². The van der Waals surface area contributed by atoms with E-state index in [4.69, 9.17) is 10.8 Å². The molecule has 126 valence electrons. The zero-order valence-electron chi connectivity index (χ0n) is 12.5. The van der Waals surface area contributed by atoms with Crippen molar-refractivity contribution >= 4 is 36.3 Å². The molecule has 0 rings (SSSR count). The molecule has 6 N–H and O–H groups in total. The SMILES string of the molecule is CC(C)C(NC(=O)CNC(=O)C(N)CS)C(=O)NCC(=O)O. The number of thiol groups is 1. The first-order valence-corrected chi connectivity index (χ1v) is 7.25. The first kappa shape index (κ1) is 20.2. The van der Waals surface area contributed by atoms with Gasteiger partial charge < -0.3 is 26.8 Å². The van der Waals surface area contributed by atoms with Gasteiger partial charge in [0.05, 0.1) is 12.6 Å². The van der Waals surface area contributed by atoms with Gasteiger partial charge in [-0.05, 0) is 5.92 Å². The summed E-state index contributed by atoms with van der Waals surface area (Å²) in [5.41, 5.74) is 5.43. The fraction of sp³-hybridized carbons (Fsp3) is 0.667. The molecule has 3 amide bonds. The van der Waals surface area contributed by atoms with E-state index < -0.39 is 42.3 Å². The van der Waals surface area contributed by atoms with Crippen molar-refractivity contribution in [3.05, 3.63) is 0 Å². The Morgan fingerprint density at radius 2 is 1.64 bits per heavy atom. The van der Waals surface area contributed by atoms with Crippen LogP contribution in [0.4, 0.5) is 0 Å². The van der Waals surface area contributed by atoms with Gasteiger partial charge in [0.1, 0.15) is 12.6 Å². The molecule has 0 aliphatic carbocycles. The van der Waals surface area contributed by atoms with Gasteiger partial charge in [-0.2, -0.15) is 12.6 Å². The van der Waals surface area contributed by atoms with Crippen LogP contribution in [0, 0.1) is 5.92 Å². The summed E-state index contributed by atoms with van der Waals surface area (Å²) in [5, 5.41) is 15.5. The molecule has 10 heteroatoms. The van der Waals surface area contributed by atoms with Crippen LogP contribution in [0.2, 0.25) is 0 Å². The average molecular weight is 334 g/mol. The number of carboxylic acids is 1.